The van der Waals surface area contributed by atoms with Crippen LogP contribution in [0.25, 0.3) is 6.08 Å². The number of methoxy groups -OCH3 is 1. The van der Waals surface area contributed by atoms with Gasteiger partial charge in [-0.2, -0.15) is 0 Å². The molecule has 0 fully saturated rings. The summed E-state index contributed by atoms with van der Waals surface area (Å²) in [5, 5.41) is 19.5. The maximum absolute atomic E-state index is 11.3. The molecule has 0 saturated heterocycles. The van der Waals surface area contributed by atoms with Crippen LogP contribution in [0.3, 0.4) is 0 Å². The van der Waals surface area contributed by atoms with E-state index in [0.29, 0.717) is 11.1 Å². The van der Waals surface area contributed by atoms with Crippen LogP contribution in [0.15, 0.2) is 30.3 Å². The molecule has 21 heavy (non-hydrogen) atoms. The van der Waals surface area contributed by atoms with E-state index in [-0.39, 0.29) is 6.61 Å². The highest BCUT2D eigenvalue weighted by molar-refractivity contribution is 5.86. The molecule has 0 aliphatic carbocycles. The Labute approximate surface area is 122 Å². The number of carbonyl (C=O) groups is 2. The van der Waals surface area contributed by atoms with E-state index in [2.05, 4.69) is 9.47 Å². The Hall–Kier alpha value is -2.18. The van der Waals surface area contributed by atoms with Gasteiger partial charge in [0.05, 0.1) is 13.7 Å². The molecule has 0 amide bonds. The zero-order valence-corrected chi connectivity index (χ0v) is 11.9. The molecule has 0 aliphatic heterocycles. The van der Waals surface area contributed by atoms with Crippen LogP contribution in [-0.2, 0) is 19.1 Å². The lowest BCUT2D eigenvalue weighted by molar-refractivity contribution is -0.159. The van der Waals surface area contributed by atoms with Gasteiger partial charge in [-0.05, 0) is 24.1 Å². The summed E-state index contributed by atoms with van der Waals surface area (Å²) in [6.45, 7) is 1.74. The number of esters is 2. The molecule has 1 aromatic rings. The van der Waals surface area contributed by atoms with E-state index in [1.54, 1.807) is 37.3 Å². The topological polar surface area (TPSA) is 93.1 Å². The third kappa shape index (κ3) is 5.02. The molecule has 0 spiro atoms. The zero-order chi connectivity index (χ0) is 15.8. The second kappa shape index (κ2) is 8.18. The van der Waals surface area contributed by atoms with E-state index >= 15 is 0 Å². The fourth-order valence-electron chi connectivity index (χ4n) is 1.58. The van der Waals surface area contributed by atoms with Crippen LogP contribution >= 0.6 is 0 Å². The van der Waals surface area contributed by atoms with Gasteiger partial charge in [0.1, 0.15) is 6.10 Å². The maximum atomic E-state index is 11.3. The molecular weight excluding hydrogens is 276 g/mol. The van der Waals surface area contributed by atoms with Gasteiger partial charge in [0.15, 0.2) is 6.10 Å². The van der Waals surface area contributed by atoms with Crippen molar-refractivity contribution in [3.05, 3.63) is 41.5 Å². The number of carbonyl (C=O) groups excluding carboxylic acids is 2. The molecule has 1 aromatic carbocycles. The van der Waals surface area contributed by atoms with Gasteiger partial charge in [0.25, 0.3) is 0 Å². The van der Waals surface area contributed by atoms with E-state index < -0.39 is 24.1 Å². The van der Waals surface area contributed by atoms with Crippen molar-refractivity contribution in [1.82, 2.24) is 0 Å². The average molecular weight is 294 g/mol. The summed E-state index contributed by atoms with van der Waals surface area (Å²) in [5.41, 5.74) is 1.08. The van der Waals surface area contributed by atoms with Crippen LogP contribution in [0, 0.1) is 0 Å². The van der Waals surface area contributed by atoms with Crippen LogP contribution in [0.1, 0.15) is 24.2 Å². The Kier molecular flexibility index (Phi) is 6.58. The monoisotopic (exact) mass is 294 g/mol. The molecule has 6 nitrogen and oxygen atoms in total. The maximum Gasteiger partial charge on any atom is 0.338 e. The van der Waals surface area contributed by atoms with Gasteiger partial charge in [-0.15, -0.1) is 0 Å². The van der Waals surface area contributed by atoms with Crippen molar-refractivity contribution in [1.29, 1.82) is 0 Å². The molecule has 0 aliphatic rings. The lowest BCUT2D eigenvalue weighted by Gasteiger charge is -2.16. The zero-order valence-electron chi connectivity index (χ0n) is 11.9. The Morgan fingerprint density at radius 2 is 1.86 bits per heavy atom. The van der Waals surface area contributed by atoms with Crippen molar-refractivity contribution in [3.63, 3.8) is 0 Å². The van der Waals surface area contributed by atoms with Gasteiger partial charge in [-0.3, -0.25) is 0 Å². The Balaban J connectivity index is 2.75. The molecule has 0 radical (unpaired) electrons. The number of hydrogen-bond donors (Lipinski definition) is 2. The minimum Gasteiger partial charge on any atom is -0.466 e. The van der Waals surface area contributed by atoms with Gasteiger partial charge in [-0.1, -0.05) is 24.3 Å². The largest absolute Gasteiger partial charge is 0.466 e. The highest BCUT2D eigenvalue weighted by atomic mass is 16.5. The van der Waals surface area contributed by atoms with Crippen LogP contribution in [0.4, 0.5) is 0 Å². The summed E-state index contributed by atoms with van der Waals surface area (Å²) in [6.07, 6.45) is -0.202. The number of ether oxygens (including phenoxy) is 2. The van der Waals surface area contributed by atoms with Crippen LogP contribution in [0.5, 0.6) is 0 Å². The predicted octanol–water partition coefficient (Wildman–Crippen LogP) is 0.830. The fourth-order valence-corrected chi connectivity index (χ4v) is 1.58. The van der Waals surface area contributed by atoms with Crippen LogP contribution in [-0.4, -0.2) is 42.0 Å². The molecule has 0 saturated carbocycles. The van der Waals surface area contributed by atoms with Crippen molar-refractivity contribution in [3.8, 4) is 0 Å². The Bertz CT molecular complexity index is 505. The predicted molar refractivity (Wildman–Crippen MR) is 75.1 cm³/mol. The summed E-state index contributed by atoms with van der Waals surface area (Å²) in [6, 6.07) is 6.36. The van der Waals surface area contributed by atoms with Crippen molar-refractivity contribution in [2.45, 2.75) is 19.1 Å². The van der Waals surface area contributed by atoms with Gasteiger partial charge in [-0.25, -0.2) is 9.59 Å². The first-order valence-electron chi connectivity index (χ1n) is 6.38. The van der Waals surface area contributed by atoms with Gasteiger partial charge < -0.3 is 19.7 Å². The van der Waals surface area contributed by atoms with Crippen LogP contribution < -0.4 is 0 Å². The molecule has 6 heteroatoms. The highest BCUT2D eigenvalue weighted by Gasteiger charge is 2.26. The highest BCUT2D eigenvalue weighted by Crippen LogP contribution is 2.19. The SMILES string of the molecule is CCOC(=O)C(O)C(O)c1ccc(/C=C/C(=O)OC)cc1. The number of aliphatic hydroxyl groups is 2. The molecule has 0 aromatic heterocycles. The first kappa shape index (κ1) is 16.9. The van der Waals surface area contributed by atoms with E-state index in [1.165, 1.54) is 13.2 Å². The van der Waals surface area contributed by atoms with Crippen molar-refractivity contribution >= 4 is 18.0 Å². The number of hydrogen-bond acceptors (Lipinski definition) is 6. The average Bonchev–Trinajstić information content (AvgIpc) is 2.51. The standard InChI is InChI=1S/C15H18O6/c1-3-21-15(19)14(18)13(17)11-7-4-10(5-8-11)6-9-12(16)20-2/h4-9,13-14,17-18H,3H2,1-2H3/b9-6+. The molecule has 1 rings (SSSR count). The normalized spacial score (nSPS) is 13.7. The summed E-state index contributed by atoms with van der Waals surface area (Å²) >= 11 is 0. The third-order valence-corrected chi connectivity index (χ3v) is 2.72. The smallest absolute Gasteiger partial charge is 0.338 e. The summed E-state index contributed by atoms with van der Waals surface area (Å²) in [4.78, 5) is 22.3. The molecule has 114 valence electrons. The first-order chi connectivity index (χ1) is 9.99. The lowest BCUT2D eigenvalue weighted by Crippen LogP contribution is -2.29. The molecular formula is C15H18O6. The molecule has 2 unspecified atom stereocenters. The number of aliphatic hydroxyl groups excluding tert-OH is 2. The number of rotatable bonds is 6. The van der Waals surface area contributed by atoms with E-state index in [0.717, 1.165) is 0 Å². The first-order valence-corrected chi connectivity index (χ1v) is 6.38. The second-order valence-electron chi connectivity index (χ2n) is 4.16. The summed E-state index contributed by atoms with van der Waals surface area (Å²) in [5.74, 6) is -1.35. The Morgan fingerprint density at radius 1 is 1.24 bits per heavy atom. The van der Waals surface area contributed by atoms with Crippen LogP contribution in [0.2, 0.25) is 0 Å². The minimum absolute atomic E-state index is 0.125. The van der Waals surface area contributed by atoms with Crippen molar-refractivity contribution in [2.75, 3.05) is 13.7 Å². The molecule has 2 N–H and O–H groups in total. The minimum atomic E-state index is -1.64. The van der Waals surface area contributed by atoms with Gasteiger partial charge >= 0.3 is 11.9 Å². The summed E-state index contributed by atoms with van der Waals surface area (Å²) in [7, 11) is 1.28. The summed E-state index contributed by atoms with van der Waals surface area (Å²) < 4.78 is 9.10. The van der Waals surface area contributed by atoms with E-state index in [9.17, 15) is 19.8 Å². The lowest BCUT2D eigenvalue weighted by atomic mass is 10.0. The fraction of sp³-hybridized carbons (Fsp3) is 0.333. The molecule has 0 bridgehead atoms. The Morgan fingerprint density at radius 3 is 2.38 bits per heavy atom. The third-order valence-electron chi connectivity index (χ3n) is 2.72. The quantitative estimate of drug-likeness (QED) is 0.596. The van der Waals surface area contributed by atoms with E-state index in [1.807, 2.05) is 0 Å². The molecule has 0 heterocycles. The number of benzene rings is 1. The van der Waals surface area contributed by atoms with E-state index in [4.69, 9.17) is 0 Å². The van der Waals surface area contributed by atoms with Gasteiger partial charge in [0.2, 0.25) is 0 Å². The molecule has 2 atom stereocenters. The van der Waals surface area contributed by atoms with Gasteiger partial charge in [0, 0.05) is 6.08 Å². The second-order valence-corrected chi connectivity index (χ2v) is 4.16. The van der Waals surface area contributed by atoms with Crippen molar-refractivity contribution < 1.29 is 29.3 Å². The van der Waals surface area contributed by atoms with Crippen molar-refractivity contribution in [2.24, 2.45) is 0 Å².